The van der Waals surface area contributed by atoms with Gasteiger partial charge in [-0.2, -0.15) is 0 Å². The Labute approximate surface area is 121 Å². The average Bonchev–Trinajstić information content (AvgIpc) is 2.47. The van der Waals surface area contributed by atoms with Crippen molar-refractivity contribution in [1.82, 2.24) is 4.90 Å². The molecule has 0 aliphatic carbocycles. The van der Waals surface area contributed by atoms with E-state index in [1.54, 1.807) is 0 Å². The molecule has 0 amide bonds. The number of nitrogens with zero attached hydrogens (tertiary/aromatic N) is 1. The number of benzene rings is 1. The number of aliphatic hydroxyl groups is 1. The third kappa shape index (κ3) is 4.94. The van der Waals surface area contributed by atoms with E-state index >= 15 is 0 Å². The van der Waals surface area contributed by atoms with Crippen molar-refractivity contribution in [1.29, 1.82) is 0 Å². The minimum Gasteiger partial charge on any atom is -0.469 e. The first kappa shape index (κ1) is 16.7. The Bertz CT molecular complexity index is 392. The van der Waals surface area contributed by atoms with Crippen LogP contribution in [0.25, 0.3) is 0 Å². The van der Waals surface area contributed by atoms with E-state index in [-0.39, 0.29) is 18.5 Å². The van der Waals surface area contributed by atoms with Crippen LogP contribution in [0.4, 0.5) is 0 Å². The SMILES string of the molecule is COC(=O)C(CN(CCCO)C(C)C)c1ccccc1. The molecule has 1 aromatic carbocycles. The Hall–Kier alpha value is -1.39. The number of esters is 1. The smallest absolute Gasteiger partial charge is 0.314 e. The molecule has 4 nitrogen and oxygen atoms in total. The summed E-state index contributed by atoms with van der Waals surface area (Å²) in [6.45, 7) is 5.73. The second-order valence-corrected chi connectivity index (χ2v) is 5.15. The van der Waals surface area contributed by atoms with Gasteiger partial charge in [-0.25, -0.2) is 0 Å². The molecule has 0 bridgehead atoms. The lowest BCUT2D eigenvalue weighted by Crippen LogP contribution is -2.38. The van der Waals surface area contributed by atoms with E-state index in [1.807, 2.05) is 30.3 Å². The zero-order valence-electron chi connectivity index (χ0n) is 12.6. The van der Waals surface area contributed by atoms with Crippen LogP contribution < -0.4 is 0 Å². The van der Waals surface area contributed by atoms with Crippen molar-refractivity contribution in [3.05, 3.63) is 35.9 Å². The Morgan fingerprint density at radius 2 is 1.95 bits per heavy atom. The number of hydrogen-bond donors (Lipinski definition) is 1. The van der Waals surface area contributed by atoms with Crippen LogP contribution in [0.15, 0.2) is 30.3 Å². The molecule has 0 aliphatic rings. The van der Waals surface area contributed by atoms with Crippen molar-refractivity contribution in [2.45, 2.75) is 32.2 Å². The minimum absolute atomic E-state index is 0.164. The van der Waals surface area contributed by atoms with E-state index in [2.05, 4.69) is 18.7 Å². The topological polar surface area (TPSA) is 49.8 Å². The van der Waals surface area contributed by atoms with Crippen molar-refractivity contribution >= 4 is 5.97 Å². The molecule has 20 heavy (non-hydrogen) atoms. The van der Waals surface area contributed by atoms with Crippen LogP contribution in [-0.2, 0) is 9.53 Å². The molecular weight excluding hydrogens is 254 g/mol. The van der Waals surface area contributed by atoms with Gasteiger partial charge in [0.25, 0.3) is 0 Å². The highest BCUT2D eigenvalue weighted by atomic mass is 16.5. The molecule has 0 fully saturated rings. The molecule has 0 heterocycles. The molecule has 112 valence electrons. The van der Waals surface area contributed by atoms with Crippen LogP contribution in [-0.4, -0.2) is 48.8 Å². The summed E-state index contributed by atoms with van der Waals surface area (Å²) in [5.74, 6) is -0.506. The Kier molecular flexibility index (Phi) is 7.26. The quantitative estimate of drug-likeness (QED) is 0.740. The van der Waals surface area contributed by atoms with Crippen LogP contribution in [0, 0.1) is 0 Å². The Morgan fingerprint density at radius 1 is 1.30 bits per heavy atom. The first-order valence-corrected chi connectivity index (χ1v) is 7.07. The monoisotopic (exact) mass is 279 g/mol. The molecule has 0 spiro atoms. The normalized spacial score (nSPS) is 12.7. The summed E-state index contributed by atoms with van der Waals surface area (Å²) in [5, 5.41) is 8.99. The minimum atomic E-state index is -0.290. The second kappa shape index (κ2) is 8.72. The predicted octanol–water partition coefficient (Wildman–Crippen LogP) is 2.04. The molecule has 4 heteroatoms. The van der Waals surface area contributed by atoms with Crippen molar-refractivity contribution in [3.63, 3.8) is 0 Å². The highest BCUT2D eigenvalue weighted by molar-refractivity contribution is 5.78. The number of aliphatic hydroxyl groups excluding tert-OH is 1. The zero-order valence-corrected chi connectivity index (χ0v) is 12.6. The lowest BCUT2D eigenvalue weighted by Gasteiger charge is -2.29. The van der Waals surface area contributed by atoms with Gasteiger partial charge in [0.15, 0.2) is 0 Å². The Balaban J connectivity index is 2.85. The fourth-order valence-electron chi connectivity index (χ4n) is 2.21. The van der Waals surface area contributed by atoms with Gasteiger partial charge in [0.05, 0.1) is 13.0 Å². The maximum atomic E-state index is 12.0. The third-order valence-electron chi connectivity index (χ3n) is 3.44. The van der Waals surface area contributed by atoms with Gasteiger partial charge < -0.3 is 9.84 Å². The lowest BCUT2D eigenvalue weighted by atomic mass is 9.98. The average molecular weight is 279 g/mol. The van der Waals surface area contributed by atoms with Gasteiger partial charge in [0, 0.05) is 25.7 Å². The molecular formula is C16H25NO3. The zero-order chi connectivity index (χ0) is 15.0. The van der Waals surface area contributed by atoms with Crippen LogP contribution in [0.2, 0.25) is 0 Å². The van der Waals surface area contributed by atoms with E-state index in [9.17, 15) is 4.79 Å². The van der Waals surface area contributed by atoms with Crippen molar-refractivity contribution in [2.75, 3.05) is 26.8 Å². The van der Waals surface area contributed by atoms with Crippen LogP contribution >= 0.6 is 0 Å². The second-order valence-electron chi connectivity index (χ2n) is 5.15. The molecule has 1 aromatic rings. The van der Waals surface area contributed by atoms with Crippen molar-refractivity contribution < 1.29 is 14.6 Å². The lowest BCUT2D eigenvalue weighted by molar-refractivity contribution is -0.143. The third-order valence-corrected chi connectivity index (χ3v) is 3.44. The summed E-state index contributed by atoms with van der Waals surface area (Å²) in [6.07, 6.45) is 0.709. The number of methoxy groups -OCH3 is 1. The summed E-state index contributed by atoms with van der Waals surface area (Å²) < 4.78 is 4.94. The molecule has 1 atom stereocenters. The molecule has 0 radical (unpaired) electrons. The highest BCUT2D eigenvalue weighted by Gasteiger charge is 2.25. The number of rotatable bonds is 8. The number of carbonyl (C=O) groups is 1. The highest BCUT2D eigenvalue weighted by Crippen LogP contribution is 2.20. The fraction of sp³-hybridized carbons (Fsp3) is 0.562. The van der Waals surface area contributed by atoms with Gasteiger partial charge in [-0.3, -0.25) is 9.69 Å². The molecule has 1 N–H and O–H groups in total. The summed E-state index contributed by atoms with van der Waals surface area (Å²) in [7, 11) is 1.42. The van der Waals surface area contributed by atoms with E-state index in [0.717, 1.165) is 12.1 Å². The Morgan fingerprint density at radius 3 is 2.45 bits per heavy atom. The van der Waals surface area contributed by atoms with Gasteiger partial charge in [-0.05, 0) is 25.8 Å². The summed E-state index contributed by atoms with van der Waals surface area (Å²) in [4.78, 5) is 14.2. The molecule has 0 saturated carbocycles. The van der Waals surface area contributed by atoms with Crippen LogP contribution in [0.1, 0.15) is 31.7 Å². The van der Waals surface area contributed by atoms with E-state index < -0.39 is 0 Å². The molecule has 0 saturated heterocycles. The first-order valence-electron chi connectivity index (χ1n) is 7.07. The van der Waals surface area contributed by atoms with E-state index in [4.69, 9.17) is 9.84 Å². The largest absolute Gasteiger partial charge is 0.469 e. The van der Waals surface area contributed by atoms with Gasteiger partial charge in [0.1, 0.15) is 0 Å². The van der Waals surface area contributed by atoms with Gasteiger partial charge in [-0.1, -0.05) is 30.3 Å². The van der Waals surface area contributed by atoms with E-state index in [0.29, 0.717) is 19.0 Å². The first-order chi connectivity index (χ1) is 9.60. The fourth-order valence-corrected chi connectivity index (χ4v) is 2.21. The van der Waals surface area contributed by atoms with E-state index in [1.165, 1.54) is 7.11 Å². The maximum absolute atomic E-state index is 12.0. The number of hydrogen-bond acceptors (Lipinski definition) is 4. The predicted molar refractivity (Wildman–Crippen MR) is 79.6 cm³/mol. The molecule has 1 unspecified atom stereocenters. The summed E-state index contributed by atoms with van der Waals surface area (Å²) in [6, 6.07) is 10.0. The maximum Gasteiger partial charge on any atom is 0.314 e. The number of carbonyl (C=O) groups excluding carboxylic acids is 1. The van der Waals surface area contributed by atoms with Crippen molar-refractivity contribution in [3.8, 4) is 0 Å². The summed E-state index contributed by atoms with van der Waals surface area (Å²) in [5.41, 5.74) is 0.967. The standard InChI is InChI=1S/C16H25NO3/c1-13(2)17(10-7-11-18)12-15(16(19)20-3)14-8-5-4-6-9-14/h4-6,8-9,13,15,18H,7,10-12H2,1-3H3. The van der Waals surface area contributed by atoms with Gasteiger partial charge in [-0.15, -0.1) is 0 Å². The van der Waals surface area contributed by atoms with Gasteiger partial charge in [0.2, 0.25) is 0 Å². The van der Waals surface area contributed by atoms with Gasteiger partial charge >= 0.3 is 5.97 Å². The summed E-state index contributed by atoms with van der Waals surface area (Å²) >= 11 is 0. The molecule has 0 aliphatic heterocycles. The number of ether oxygens (including phenoxy) is 1. The van der Waals surface area contributed by atoms with Crippen molar-refractivity contribution in [2.24, 2.45) is 0 Å². The van der Waals surface area contributed by atoms with Crippen LogP contribution in [0.3, 0.4) is 0 Å². The van der Waals surface area contributed by atoms with Crippen LogP contribution in [0.5, 0.6) is 0 Å². The molecule has 1 rings (SSSR count). The molecule has 0 aromatic heterocycles.